The first-order chi connectivity index (χ1) is 9.04. The summed E-state index contributed by atoms with van der Waals surface area (Å²) in [6.45, 7) is 0. The van der Waals surface area contributed by atoms with E-state index in [1.54, 1.807) is 6.07 Å². The van der Waals surface area contributed by atoms with Crippen LogP contribution in [0.3, 0.4) is 0 Å². The number of hydrogen-bond acceptors (Lipinski definition) is 3. The second kappa shape index (κ2) is 4.16. The van der Waals surface area contributed by atoms with Crippen LogP contribution in [0.1, 0.15) is 0 Å². The minimum Gasteiger partial charge on any atom is -0.332 e. The molecule has 0 amide bonds. The zero-order valence-electron chi connectivity index (χ0n) is 9.25. The van der Waals surface area contributed by atoms with E-state index in [0.29, 0.717) is 4.47 Å². The van der Waals surface area contributed by atoms with Gasteiger partial charge in [0, 0.05) is 4.47 Å². The summed E-state index contributed by atoms with van der Waals surface area (Å²) >= 11 is 3.23. The second-order valence-electron chi connectivity index (χ2n) is 3.84. The van der Waals surface area contributed by atoms with Crippen molar-refractivity contribution in [1.82, 2.24) is 19.9 Å². The topological polar surface area (TPSA) is 94.4 Å². The molecule has 0 unspecified atom stereocenters. The van der Waals surface area contributed by atoms with Crippen LogP contribution in [-0.4, -0.2) is 19.9 Å². The van der Waals surface area contributed by atoms with E-state index < -0.39 is 17.1 Å². The second-order valence-corrected chi connectivity index (χ2v) is 4.76. The highest BCUT2D eigenvalue weighted by atomic mass is 79.9. The molecular weight excluding hydrogens is 319 g/mol. The van der Waals surface area contributed by atoms with Crippen LogP contribution in [0.2, 0.25) is 0 Å². The fourth-order valence-electron chi connectivity index (χ4n) is 1.74. The van der Waals surface area contributed by atoms with Gasteiger partial charge in [-0.2, -0.15) is 0 Å². The summed E-state index contributed by atoms with van der Waals surface area (Å²) in [4.78, 5) is 33.8. The van der Waals surface area contributed by atoms with Crippen LogP contribution in [0.5, 0.6) is 0 Å². The third-order valence-electron chi connectivity index (χ3n) is 2.57. The molecule has 8 heteroatoms. The first kappa shape index (κ1) is 11.8. The lowest BCUT2D eigenvalue weighted by atomic mass is 10.2. The highest BCUT2D eigenvalue weighted by Crippen LogP contribution is 2.24. The molecule has 0 bridgehead atoms. The summed E-state index contributed by atoms with van der Waals surface area (Å²) in [7, 11) is 0. The predicted molar refractivity (Wildman–Crippen MR) is 70.4 cm³/mol. The number of fused-ring (bicyclic) bond motifs is 1. The molecule has 19 heavy (non-hydrogen) atoms. The van der Waals surface area contributed by atoms with Crippen molar-refractivity contribution in [1.29, 1.82) is 0 Å². The minimum atomic E-state index is -0.662. The van der Waals surface area contributed by atoms with Crippen LogP contribution in [0.15, 0.2) is 32.3 Å². The van der Waals surface area contributed by atoms with Gasteiger partial charge >= 0.3 is 5.69 Å². The van der Waals surface area contributed by atoms with E-state index in [4.69, 9.17) is 0 Å². The van der Waals surface area contributed by atoms with Gasteiger partial charge in [-0.3, -0.25) is 14.8 Å². The largest absolute Gasteiger partial charge is 0.332 e. The lowest BCUT2D eigenvalue weighted by Gasteiger charge is -1.99. The molecular formula is C11H6BrFN4O2. The number of imidazole rings is 1. The molecule has 0 radical (unpaired) electrons. The molecule has 3 N–H and O–H groups in total. The van der Waals surface area contributed by atoms with E-state index in [1.165, 1.54) is 12.1 Å². The molecule has 0 aliphatic heterocycles. The van der Waals surface area contributed by atoms with Gasteiger partial charge in [-0.05, 0) is 18.2 Å². The monoisotopic (exact) mass is 324 g/mol. The van der Waals surface area contributed by atoms with E-state index >= 15 is 0 Å². The van der Waals surface area contributed by atoms with Gasteiger partial charge in [-0.1, -0.05) is 15.9 Å². The summed E-state index contributed by atoms with van der Waals surface area (Å²) in [6, 6.07) is 4.36. The number of aromatic nitrogens is 4. The van der Waals surface area contributed by atoms with Crippen LogP contribution in [0, 0.1) is 5.82 Å². The van der Waals surface area contributed by atoms with Gasteiger partial charge in [0.05, 0.1) is 5.56 Å². The molecule has 2 aromatic heterocycles. The fourth-order valence-corrected chi connectivity index (χ4v) is 2.10. The van der Waals surface area contributed by atoms with Gasteiger partial charge in [-0.25, -0.2) is 14.2 Å². The highest BCUT2D eigenvalue weighted by Gasteiger charge is 2.13. The van der Waals surface area contributed by atoms with Crippen molar-refractivity contribution in [3.63, 3.8) is 0 Å². The third kappa shape index (κ3) is 1.99. The summed E-state index contributed by atoms with van der Waals surface area (Å²) in [5.41, 5.74) is -0.888. The van der Waals surface area contributed by atoms with Gasteiger partial charge in [0.25, 0.3) is 5.56 Å². The average Bonchev–Trinajstić information content (AvgIpc) is 2.76. The van der Waals surface area contributed by atoms with Crippen LogP contribution < -0.4 is 11.2 Å². The maximum Gasteiger partial charge on any atom is 0.327 e. The van der Waals surface area contributed by atoms with Crippen LogP contribution >= 0.6 is 15.9 Å². The molecule has 0 saturated heterocycles. The molecule has 0 aliphatic carbocycles. The van der Waals surface area contributed by atoms with E-state index in [-0.39, 0.29) is 22.6 Å². The molecule has 0 aliphatic rings. The van der Waals surface area contributed by atoms with Crippen molar-refractivity contribution >= 4 is 27.1 Å². The highest BCUT2D eigenvalue weighted by molar-refractivity contribution is 9.10. The lowest BCUT2D eigenvalue weighted by Crippen LogP contribution is -2.21. The Hall–Kier alpha value is -2.22. The van der Waals surface area contributed by atoms with Crippen LogP contribution in [-0.2, 0) is 0 Å². The van der Waals surface area contributed by atoms with Crippen molar-refractivity contribution < 1.29 is 4.39 Å². The van der Waals surface area contributed by atoms with Crippen molar-refractivity contribution in [3.8, 4) is 11.4 Å². The SMILES string of the molecule is O=c1[nH]c(=O)c2[nH]c(-c3cc(Br)ccc3F)nc2[nH]1. The Labute approximate surface area is 112 Å². The molecule has 3 rings (SSSR count). The number of rotatable bonds is 1. The van der Waals surface area contributed by atoms with Crippen LogP contribution in [0.25, 0.3) is 22.6 Å². The minimum absolute atomic E-state index is 0.0862. The Morgan fingerprint density at radius 2 is 1.95 bits per heavy atom. The maximum atomic E-state index is 13.7. The molecule has 6 nitrogen and oxygen atoms in total. The summed E-state index contributed by atoms with van der Waals surface area (Å²) < 4.78 is 14.4. The number of nitrogens with zero attached hydrogens (tertiary/aromatic N) is 1. The van der Waals surface area contributed by atoms with Gasteiger partial charge < -0.3 is 4.98 Å². The Balaban J connectivity index is 2.32. The van der Waals surface area contributed by atoms with Gasteiger partial charge in [-0.15, -0.1) is 0 Å². The molecule has 0 spiro atoms. The van der Waals surface area contributed by atoms with Gasteiger partial charge in [0.15, 0.2) is 5.65 Å². The third-order valence-corrected chi connectivity index (χ3v) is 3.07. The Kier molecular flexibility index (Phi) is 2.59. The van der Waals surface area contributed by atoms with E-state index in [2.05, 4.69) is 35.9 Å². The molecule has 0 saturated carbocycles. The molecule has 1 aromatic carbocycles. The molecule has 0 fully saturated rings. The first-order valence-electron chi connectivity index (χ1n) is 5.22. The number of aromatic amines is 3. The average molecular weight is 325 g/mol. The number of hydrogen-bond donors (Lipinski definition) is 3. The Morgan fingerprint density at radius 1 is 1.16 bits per heavy atom. The normalized spacial score (nSPS) is 11.1. The standard InChI is InChI=1S/C11H6BrFN4O2/c12-4-1-2-6(13)5(3-4)8-14-7-9(15-8)16-11(19)17-10(7)18/h1-3H,(H3,14,15,16,17,18,19). The molecule has 96 valence electrons. The van der Waals surface area contributed by atoms with Crippen molar-refractivity contribution in [3.05, 3.63) is 49.3 Å². The number of halogens is 2. The van der Waals surface area contributed by atoms with Crippen molar-refractivity contribution in [2.75, 3.05) is 0 Å². The lowest BCUT2D eigenvalue weighted by molar-refractivity contribution is 0.630. The van der Waals surface area contributed by atoms with Crippen molar-refractivity contribution in [2.45, 2.75) is 0 Å². The van der Waals surface area contributed by atoms with E-state index in [1.807, 2.05) is 0 Å². The number of benzene rings is 1. The molecule has 3 aromatic rings. The van der Waals surface area contributed by atoms with E-state index in [9.17, 15) is 14.0 Å². The van der Waals surface area contributed by atoms with Crippen molar-refractivity contribution in [2.24, 2.45) is 0 Å². The Bertz CT molecular complexity index is 896. The summed E-state index contributed by atoms with van der Waals surface area (Å²) in [5, 5.41) is 0. The quantitative estimate of drug-likeness (QED) is 0.633. The first-order valence-corrected chi connectivity index (χ1v) is 6.01. The number of nitrogens with one attached hydrogen (secondary N) is 3. The van der Waals surface area contributed by atoms with E-state index in [0.717, 1.165) is 0 Å². The van der Waals surface area contributed by atoms with Gasteiger partial charge in [0.1, 0.15) is 17.2 Å². The van der Waals surface area contributed by atoms with Gasteiger partial charge in [0.2, 0.25) is 0 Å². The zero-order valence-corrected chi connectivity index (χ0v) is 10.8. The summed E-state index contributed by atoms with van der Waals surface area (Å²) in [6.07, 6.45) is 0. The summed E-state index contributed by atoms with van der Waals surface area (Å²) in [5.74, 6) is -0.317. The molecule has 2 heterocycles. The number of H-pyrrole nitrogens is 3. The zero-order chi connectivity index (χ0) is 13.6. The molecule has 0 atom stereocenters. The maximum absolute atomic E-state index is 13.7. The van der Waals surface area contributed by atoms with Crippen LogP contribution in [0.4, 0.5) is 4.39 Å². The smallest absolute Gasteiger partial charge is 0.327 e. The Morgan fingerprint density at radius 3 is 2.74 bits per heavy atom. The fraction of sp³-hybridized carbons (Fsp3) is 0. The predicted octanol–water partition coefficient (Wildman–Crippen LogP) is 1.51.